The molecule has 4 aromatic heterocycles. The van der Waals surface area contributed by atoms with Crippen LogP contribution in [0.1, 0.15) is 17.0 Å². The summed E-state index contributed by atoms with van der Waals surface area (Å²) in [5.74, 6) is 0.661. The molecule has 0 spiro atoms. The van der Waals surface area contributed by atoms with Gasteiger partial charge in [-0.15, -0.1) is 5.10 Å². The van der Waals surface area contributed by atoms with Crippen LogP contribution >= 0.6 is 11.3 Å². The first-order chi connectivity index (χ1) is 11.7. The van der Waals surface area contributed by atoms with Crippen molar-refractivity contribution in [1.82, 2.24) is 15.0 Å². The summed E-state index contributed by atoms with van der Waals surface area (Å²) < 4.78 is 12.5. The minimum absolute atomic E-state index is 0.174. The lowest BCUT2D eigenvalue weighted by atomic mass is 10.1. The molecule has 4 aromatic rings. The number of aromatic nitrogens is 4. The molecule has 0 amide bonds. The van der Waals surface area contributed by atoms with E-state index in [1.54, 1.807) is 25.5 Å². The zero-order valence-corrected chi connectivity index (χ0v) is 14.0. The van der Waals surface area contributed by atoms with Crippen molar-refractivity contribution in [2.75, 3.05) is 7.11 Å². The molecule has 122 valence electrons. The molecule has 24 heavy (non-hydrogen) atoms. The number of hydrogen-bond acceptors (Lipinski definition) is 6. The van der Waals surface area contributed by atoms with Gasteiger partial charge in [-0.3, -0.25) is 4.79 Å². The highest BCUT2D eigenvalue weighted by Gasteiger charge is 2.21. The van der Waals surface area contributed by atoms with Gasteiger partial charge < -0.3 is 9.15 Å². The van der Waals surface area contributed by atoms with E-state index in [4.69, 9.17) is 9.15 Å². The number of ether oxygens (including phenoxy) is 1. The summed E-state index contributed by atoms with van der Waals surface area (Å²) in [5, 5.41) is 9.26. The number of pyridine rings is 1. The van der Waals surface area contributed by atoms with E-state index in [-0.39, 0.29) is 12.1 Å². The van der Waals surface area contributed by atoms with Gasteiger partial charge in [0.25, 0.3) is 10.4 Å². The second-order valence-corrected chi connectivity index (χ2v) is 6.55. The molecule has 0 saturated heterocycles. The predicted molar refractivity (Wildman–Crippen MR) is 89.0 cm³/mol. The van der Waals surface area contributed by atoms with Crippen LogP contribution in [-0.4, -0.2) is 22.1 Å². The Labute approximate surface area is 140 Å². The second-order valence-electron chi connectivity index (χ2n) is 5.53. The van der Waals surface area contributed by atoms with Crippen LogP contribution in [0, 0.1) is 6.92 Å². The summed E-state index contributed by atoms with van der Waals surface area (Å²) in [6, 6.07) is 5.59. The summed E-state index contributed by atoms with van der Waals surface area (Å²) in [5.41, 5.74) is 2.43. The molecule has 1 N–H and O–H groups in total. The van der Waals surface area contributed by atoms with Crippen LogP contribution in [0.3, 0.4) is 0 Å². The highest BCUT2D eigenvalue weighted by atomic mass is 32.1. The van der Waals surface area contributed by atoms with Crippen molar-refractivity contribution >= 4 is 31.8 Å². The van der Waals surface area contributed by atoms with Crippen molar-refractivity contribution in [2.45, 2.75) is 20.1 Å². The molecular formula is C16H15N4O3S+. The van der Waals surface area contributed by atoms with Crippen LogP contribution in [-0.2, 0) is 17.9 Å². The Hall–Kier alpha value is -2.58. The number of H-pyrrole nitrogens is 1. The van der Waals surface area contributed by atoms with Gasteiger partial charge in [0.1, 0.15) is 22.5 Å². The molecule has 0 saturated carbocycles. The third kappa shape index (κ3) is 2.40. The average molecular weight is 343 g/mol. The van der Waals surface area contributed by atoms with Crippen molar-refractivity contribution < 1.29 is 14.1 Å². The summed E-state index contributed by atoms with van der Waals surface area (Å²) in [7, 11) is 1.65. The molecule has 4 rings (SSSR count). The van der Waals surface area contributed by atoms with Crippen molar-refractivity contribution in [3.63, 3.8) is 0 Å². The Balaban J connectivity index is 1.94. The van der Waals surface area contributed by atoms with E-state index in [1.165, 1.54) is 16.0 Å². The normalized spacial score (nSPS) is 11.6. The molecule has 0 aliphatic carbocycles. The lowest BCUT2D eigenvalue weighted by Gasteiger charge is -2.02. The SMILES string of the molecule is COCc1cc(C)[nH+]c2sc3c(=O)n(Cc4ccco4)nnc3c12. The van der Waals surface area contributed by atoms with Gasteiger partial charge in [0.15, 0.2) is 5.69 Å². The fraction of sp³-hybridized carbons (Fsp3) is 0.250. The Morgan fingerprint density at radius 1 is 1.46 bits per heavy atom. The number of furan rings is 1. The van der Waals surface area contributed by atoms with E-state index >= 15 is 0 Å². The summed E-state index contributed by atoms with van der Waals surface area (Å²) >= 11 is 1.39. The van der Waals surface area contributed by atoms with E-state index in [1.807, 2.05) is 13.0 Å². The lowest BCUT2D eigenvalue weighted by molar-refractivity contribution is -0.351. The van der Waals surface area contributed by atoms with Crippen LogP contribution < -0.4 is 10.5 Å². The van der Waals surface area contributed by atoms with Gasteiger partial charge in [-0.1, -0.05) is 16.6 Å². The third-order valence-electron chi connectivity index (χ3n) is 3.77. The Morgan fingerprint density at radius 2 is 2.33 bits per heavy atom. The predicted octanol–water partition coefficient (Wildman–Crippen LogP) is 1.92. The number of hydrogen-bond donors (Lipinski definition) is 0. The number of rotatable bonds is 4. The minimum Gasteiger partial charge on any atom is -0.467 e. The molecule has 0 fully saturated rings. The maximum Gasteiger partial charge on any atom is 0.288 e. The van der Waals surface area contributed by atoms with Gasteiger partial charge in [0.05, 0.1) is 18.3 Å². The van der Waals surface area contributed by atoms with Gasteiger partial charge in [-0.05, 0) is 12.1 Å². The lowest BCUT2D eigenvalue weighted by Crippen LogP contribution is -2.23. The smallest absolute Gasteiger partial charge is 0.288 e. The number of fused-ring (bicyclic) bond motifs is 3. The monoisotopic (exact) mass is 343 g/mol. The summed E-state index contributed by atoms with van der Waals surface area (Å²) in [4.78, 5) is 17.0. The van der Waals surface area contributed by atoms with E-state index in [0.29, 0.717) is 22.6 Å². The highest BCUT2D eigenvalue weighted by molar-refractivity contribution is 7.24. The molecule has 0 bridgehead atoms. The summed E-state index contributed by atoms with van der Waals surface area (Å²) in [6.45, 7) is 2.69. The van der Waals surface area contributed by atoms with Gasteiger partial charge in [-0.25, -0.2) is 4.68 Å². The van der Waals surface area contributed by atoms with E-state index in [9.17, 15) is 4.79 Å². The highest BCUT2D eigenvalue weighted by Crippen LogP contribution is 2.30. The standard InChI is InChI=1S/C16H14N4O3S/c1-9-6-10(8-22-2)12-13-14(24-15(12)17-9)16(21)20(19-18-13)7-11-4-3-5-23-11/h3-6H,7-8H2,1-2H3/p+1. The summed E-state index contributed by atoms with van der Waals surface area (Å²) in [6.07, 6.45) is 1.57. The van der Waals surface area contributed by atoms with Crippen molar-refractivity contribution in [3.05, 3.63) is 51.8 Å². The Bertz CT molecular complexity index is 1080. The molecule has 0 aliphatic heterocycles. The first kappa shape index (κ1) is 15.0. The maximum absolute atomic E-state index is 12.8. The van der Waals surface area contributed by atoms with Crippen LogP contribution in [0.2, 0.25) is 0 Å². The number of nitrogens with zero attached hydrogens (tertiary/aromatic N) is 3. The first-order valence-electron chi connectivity index (χ1n) is 7.40. The first-order valence-corrected chi connectivity index (χ1v) is 8.22. The third-order valence-corrected chi connectivity index (χ3v) is 4.85. The van der Waals surface area contributed by atoms with Crippen LogP contribution in [0.5, 0.6) is 0 Å². The number of nitrogens with one attached hydrogen (secondary N) is 1. The zero-order chi connectivity index (χ0) is 16.7. The molecule has 8 heteroatoms. The minimum atomic E-state index is -0.174. The molecular weight excluding hydrogens is 328 g/mol. The molecule has 0 aromatic carbocycles. The van der Waals surface area contributed by atoms with Crippen molar-refractivity contribution in [1.29, 1.82) is 0 Å². The Morgan fingerprint density at radius 3 is 3.08 bits per heavy atom. The van der Waals surface area contributed by atoms with Crippen molar-refractivity contribution in [3.8, 4) is 0 Å². The van der Waals surface area contributed by atoms with Crippen molar-refractivity contribution in [2.24, 2.45) is 0 Å². The largest absolute Gasteiger partial charge is 0.467 e. The van der Waals surface area contributed by atoms with Crippen LogP contribution in [0.25, 0.3) is 20.4 Å². The number of aromatic amines is 1. The van der Waals surface area contributed by atoms with E-state index in [2.05, 4.69) is 15.3 Å². The number of methoxy groups -OCH3 is 1. The fourth-order valence-electron chi connectivity index (χ4n) is 2.78. The maximum atomic E-state index is 12.8. The number of aryl methyl sites for hydroxylation is 1. The van der Waals surface area contributed by atoms with E-state index < -0.39 is 0 Å². The van der Waals surface area contributed by atoms with Gasteiger partial charge in [0.2, 0.25) is 0 Å². The average Bonchev–Trinajstić information content (AvgIpc) is 3.18. The zero-order valence-electron chi connectivity index (χ0n) is 13.2. The molecule has 0 atom stereocenters. The molecule has 0 aliphatic rings. The van der Waals surface area contributed by atoms with Crippen LogP contribution in [0.15, 0.2) is 33.7 Å². The second kappa shape index (κ2) is 5.81. The van der Waals surface area contributed by atoms with Gasteiger partial charge in [-0.2, -0.15) is 4.98 Å². The number of thiophene rings is 1. The quantitative estimate of drug-likeness (QED) is 0.565. The Kier molecular flexibility index (Phi) is 3.62. The van der Waals surface area contributed by atoms with Gasteiger partial charge >= 0.3 is 0 Å². The van der Waals surface area contributed by atoms with Crippen LogP contribution in [0.4, 0.5) is 0 Å². The van der Waals surface area contributed by atoms with Gasteiger partial charge in [0, 0.05) is 25.7 Å². The molecule has 0 radical (unpaired) electrons. The molecule has 7 nitrogen and oxygen atoms in total. The fourth-order valence-corrected chi connectivity index (χ4v) is 3.96. The molecule has 4 heterocycles. The van der Waals surface area contributed by atoms with E-state index in [0.717, 1.165) is 21.5 Å². The molecule has 0 unspecified atom stereocenters. The topological polar surface area (TPSA) is 84.3 Å².